The van der Waals surface area contributed by atoms with E-state index in [0.29, 0.717) is 17.1 Å². The van der Waals surface area contributed by atoms with Gasteiger partial charge in [0.25, 0.3) is 5.56 Å². The summed E-state index contributed by atoms with van der Waals surface area (Å²) in [5.41, 5.74) is 2.87. The van der Waals surface area contributed by atoms with Crippen molar-refractivity contribution in [2.45, 2.75) is 13.5 Å². The number of aromatic nitrogens is 6. The van der Waals surface area contributed by atoms with Crippen LogP contribution >= 0.6 is 0 Å². The molecule has 8 heteroatoms. The van der Waals surface area contributed by atoms with Crippen molar-refractivity contribution in [1.82, 2.24) is 29.6 Å². The molecule has 0 saturated carbocycles. The second kappa shape index (κ2) is 6.16. The van der Waals surface area contributed by atoms with Crippen molar-refractivity contribution < 1.29 is 4.74 Å². The van der Waals surface area contributed by atoms with Crippen LogP contribution in [0.25, 0.3) is 11.3 Å². The molecule has 0 N–H and O–H groups in total. The summed E-state index contributed by atoms with van der Waals surface area (Å²) in [6, 6.07) is 12.6. The van der Waals surface area contributed by atoms with Gasteiger partial charge in [-0.2, -0.15) is 0 Å². The van der Waals surface area contributed by atoms with Crippen LogP contribution < -0.4 is 10.3 Å². The lowest BCUT2D eigenvalue weighted by atomic mass is 10.3. The number of benzene rings is 1. The Labute approximate surface area is 142 Å². The largest absolute Gasteiger partial charge is 0.487 e. The van der Waals surface area contributed by atoms with E-state index < -0.39 is 0 Å². The van der Waals surface area contributed by atoms with Crippen molar-refractivity contribution in [2.24, 2.45) is 0 Å². The van der Waals surface area contributed by atoms with E-state index in [2.05, 4.69) is 20.5 Å². The molecule has 0 aliphatic rings. The van der Waals surface area contributed by atoms with Crippen LogP contribution in [0.15, 0.2) is 59.8 Å². The van der Waals surface area contributed by atoms with Crippen molar-refractivity contribution in [3.63, 3.8) is 0 Å². The number of tetrazole rings is 1. The highest BCUT2D eigenvalue weighted by molar-refractivity contribution is 5.41. The fraction of sp³-hybridized carbons (Fsp3) is 0.118. The first-order chi connectivity index (χ1) is 12.2. The summed E-state index contributed by atoms with van der Waals surface area (Å²) < 4.78 is 8.82. The zero-order chi connectivity index (χ0) is 17.2. The molecular formula is C17H14N6O2. The van der Waals surface area contributed by atoms with Gasteiger partial charge >= 0.3 is 0 Å². The van der Waals surface area contributed by atoms with Gasteiger partial charge in [-0.3, -0.25) is 9.20 Å². The summed E-state index contributed by atoms with van der Waals surface area (Å²) in [5.74, 6) is 0.638. The number of aryl methyl sites for hydroxylation is 1. The third-order valence-corrected chi connectivity index (χ3v) is 3.69. The molecule has 0 saturated heterocycles. The summed E-state index contributed by atoms with van der Waals surface area (Å²) in [5, 5.41) is 11.1. The smallest absolute Gasteiger partial charge is 0.258 e. The molecule has 3 heterocycles. The molecule has 0 unspecified atom stereocenters. The van der Waals surface area contributed by atoms with E-state index in [-0.39, 0.29) is 12.2 Å². The number of rotatable bonds is 4. The van der Waals surface area contributed by atoms with E-state index >= 15 is 0 Å². The Balaban J connectivity index is 1.58. The first-order valence-corrected chi connectivity index (χ1v) is 7.64. The third kappa shape index (κ3) is 3.09. The first-order valence-electron chi connectivity index (χ1n) is 7.64. The highest BCUT2D eigenvalue weighted by Gasteiger charge is 2.05. The van der Waals surface area contributed by atoms with Crippen molar-refractivity contribution in [1.29, 1.82) is 0 Å². The zero-order valence-corrected chi connectivity index (χ0v) is 13.4. The van der Waals surface area contributed by atoms with Gasteiger partial charge in [0.2, 0.25) is 0 Å². The highest BCUT2D eigenvalue weighted by Crippen LogP contribution is 2.16. The van der Waals surface area contributed by atoms with Gasteiger partial charge in [-0.25, -0.2) is 9.67 Å². The molecule has 0 spiro atoms. The molecule has 0 radical (unpaired) electrons. The Morgan fingerprint density at radius 1 is 1.16 bits per heavy atom. The lowest BCUT2D eigenvalue weighted by Gasteiger charge is -2.08. The molecule has 4 aromatic rings. The predicted molar refractivity (Wildman–Crippen MR) is 89.7 cm³/mol. The molecular weight excluding hydrogens is 320 g/mol. The Hall–Kier alpha value is -3.55. The molecule has 4 rings (SSSR count). The van der Waals surface area contributed by atoms with Crippen LogP contribution in [0.5, 0.6) is 5.75 Å². The van der Waals surface area contributed by atoms with Crippen LogP contribution in [-0.2, 0) is 6.61 Å². The summed E-state index contributed by atoms with van der Waals surface area (Å²) in [7, 11) is 0. The minimum Gasteiger partial charge on any atom is -0.487 e. The number of hydrogen-bond donors (Lipinski definition) is 0. The van der Waals surface area contributed by atoms with Crippen molar-refractivity contribution in [3.8, 4) is 11.4 Å². The van der Waals surface area contributed by atoms with Gasteiger partial charge in [-0.05, 0) is 47.2 Å². The molecule has 0 bridgehead atoms. The fourth-order valence-corrected chi connectivity index (χ4v) is 2.48. The molecule has 0 amide bonds. The summed E-state index contributed by atoms with van der Waals surface area (Å²) in [6.45, 7) is 2.15. The van der Waals surface area contributed by atoms with Gasteiger partial charge in [-0.15, -0.1) is 5.10 Å². The lowest BCUT2D eigenvalue weighted by molar-refractivity contribution is 0.301. The molecule has 0 aliphatic carbocycles. The third-order valence-electron chi connectivity index (χ3n) is 3.69. The van der Waals surface area contributed by atoms with E-state index in [1.807, 2.05) is 43.3 Å². The molecule has 0 fully saturated rings. The molecule has 8 nitrogen and oxygen atoms in total. The molecule has 25 heavy (non-hydrogen) atoms. The van der Waals surface area contributed by atoms with Gasteiger partial charge in [0.05, 0.1) is 11.4 Å². The predicted octanol–water partition coefficient (Wildman–Crippen LogP) is 1.56. The van der Waals surface area contributed by atoms with Gasteiger partial charge in [-0.1, -0.05) is 6.07 Å². The normalized spacial score (nSPS) is 10.9. The van der Waals surface area contributed by atoms with E-state index in [4.69, 9.17) is 4.74 Å². The number of hydrogen-bond acceptors (Lipinski definition) is 6. The van der Waals surface area contributed by atoms with E-state index in [9.17, 15) is 4.79 Å². The first kappa shape index (κ1) is 15.0. The quantitative estimate of drug-likeness (QED) is 0.563. The lowest BCUT2D eigenvalue weighted by Crippen LogP contribution is -2.16. The van der Waals surface area contributed by atoms with Gasteiger partial charge in [0.15, 0.2) is 0 Å². The van der Waals surface area contributed by atoms with E-state index in [1.54, 1.807) is 6.20 Å². The molecule has 3 aromatic heterocycles. The Morgan fingerprint density at radius 3 is 2.92 bits per heavy atom. The SMILES string of the molecule is Cc1ccn2c(=O)cc(COc3cccc(-n4cnnn4)c3)nc2c1. The van der Waals surface area contributed by atoms with Crippen molar-refractivity contribution >= 4 is 5.65 Å². The molecule has 0 atom stereocenters. The average Bonchev–Trinajstić information content (AvgIpc) is 3.14. The monoisotopic (exact) mass is 334 g/mol. The van der Waals surface area contributed by atoms with Crippen LogP contribution in [0.1, 0.15) is 11.3 Å². The number of fused-ring (bicyclic) bond motifs is 1. The molecule has 0 aliphatic heterocycles. The van der Waals surface area contributed by atoms with Gasteiger partial charge < -0.3 is 4.74 Å². The summed E-state index contributed by atoms with van der Waals surface area (Å²) >= 11 is 0. The number of nitrogens with zero attached hydrogens (tertiary/aromatic N) is 6. The van der Waals surface area contributed by atoms with E-state index in [1.165, 1.54) is 21.5 Å². The van der Waals surface area contributed by atoms with Crippen molar-refractivity contribution in [2.75, 3.05) is 0 Å². The van der Waals surface area contributed by atoms with E-state index in [0.717, 1.165) is 11.3 Å². The van der Waals surface area contributed by atoms with Crippen molar-refractivity contribution in [3.05, 3.63) is 76.6 Å². The molecule has 124 valence electrons. The highest BCUT2D eigenvalue weighted by atomic mass is 16.5. The number of ether oxygens (including phenoxy) is 1. The van der Waals surface area contributed by atoms with Crippen LogP contribution in [0.3, 0.4) is 0 Å². The second-order valence-electron chi connectivity index (χ2n) is 5.56. The fourth-order valence-electron chi connectivity index (χ4n) is 2.48. The van der Waals surface area contributed by atoms with Crippen LogP contribution in [0, 0.1) is 6.92 Å². The van der Waals surface area contributed by atoms with Crippen LogP contribution in [0.4, 0.5) is 0 Å². The Morgan fingerprint density at radius 2 is 2.08 bits per heavy atom. The minimum absolute atomic E-state index is 0.133. The summed E-state index contributed by atoms with van der Waals surface area (Å²) in [4.78, 5) is 16.7. The topological polar surface area (TPSA) is 87.2 Å². The maximum atomic E-state index is 12.2. The van der Waals surface area contributed by atoms with Gasteiger partial charge in [0, 0.05) is 18.3 Å². The second-order valence-corrected chi connectivity index (χ2v) is 5.56. The Bertz CT molecular complexity index is 1090. The standard InChI is InChI=1S/C17H14N6O2/c1-12-5-6-22-16(7-12)19-13(8-17(22)24)10-25-15-4-2-3-14(9-15)23-11-18-20-21-23/h2-9,11H,10H2,1H3. The Kier molecular flexibility index (Phi) is 3.70. The maximum absolute atomic E-state index is 12.2. The number of pyridine rings is 1. The van der Waals surface area contributed by atoms with Crippen LogP contribution in [-0.4, -0.2) is 29.6 Å². The summed E-state index contributed by atoms with van der Waals surface area (Å²) in [6.07, 6.45) is 3.23. The average molecular weight is 334 g/mol. The minimum atomic E-state index is -0.133. The molecule has 1 aromatic carbocycles. The zero-order valence-electron chi connectivity index (χ0n) is 13.4. The maximum Gasteiger partial charge on any atom is 0.258 e. The van der Waals surface area contributed by atoms with Crippen LogP contribution in [0.2, 0.25) is 0 Å². The van der Waals surface area contributed by atoms with Gasteiger partial charge in [0.1, 0.15) is 24.3 Å².